The van der Waals surface area contributed by atoms with Crippen LogP contribution in [0.15, 0.2) is 18.2 Å². The van der Waals surface area contributed by atoms with Crippen molar-refractivity contribution in [2.75, 3.05) is 19.8 Å². The first-order chi connectivity index (χ1) is 9.12. The average molecular weight is 263 g/mol. The Kier molecular flexibility index (Phi) is 3.48. The Morgan fingerprint density at radius 2 is 2.26 bits per heavy atom. The first-order valence-corrected chi connectivity index (χ1v) is 6.89. The lowest BCUT2D eigenvalue weighted by Gasteiger charge is -2.17. The van der Waals surface area contributed by atoms with Crippen LogP contribution in [0.3, 0.4) is 0 Å². The second-order valence-corrected chi connectivity index (χ2v) is 5.62. The van der Waals surface area contributed by atoms with Gasteiger partial charge in [-0.15, -0.1) is 0 Å². The molecule has 2 heterocycles. The Morgan fingerprint density at radius 1 is 1.37 bits per heavy atom. The summed E-state index contributed by atoms with van der Waals surface area (Å²) in [5.41, 5.74) is 2.61. The zero-order valence-corrected chi connectivity index (χ0v) is 11.6. The first kappa shape index (κ1) is 12.9. The van der Waals surface area contributed by atoms with Gasteiger partial charge in [0.1, 0.15) is 5.75 Å². The van der Waals surface area contributed by atoms with Gasteiger partial charge in [0.2, 0.25) is 0 Å². The van der Waals surface area contributed by atoms with E-state index in [1.54, 1.807) is 0 Å². The van der Waals surface area contributed by atoms with Crippen LogP contribution in [0.25, 0.3) is 0 Å². The van der Waals surface area contributed by atoms with Crippen molar-refractivity contribution in [2.45, 2.75) is 38.7 Å². The number of benzene rings is 1. The highest BCUT2D eigenvalue weighted by atomic mass is 16.7. The van der Waals surface area contributed by atoms with Crippen LogP contribution in [0.1, 0.15) is 25.0 Å². The van der Waals surface area contributed by atoms with Crippen molar-refractivity contribution in [1.29, 1.82) is 0 Å². The quantitative estimate of drug-likeness (QED) is 0.900. The summed E-state index contributed by atoms with van der Waals surface area (Å²) in [5, 5.41) is 3.43. The molecular weight excluding hydrogens is 242 g/mol. The first-order valence-electron chi connectivity index (χ1n) is 6.89. The van der Waals surface area contributed by atoms with Crippen LogP contribution in [-0.4, -0.2) is 31.6 Å². The Morgan fingerprint density at radius 3 is 3.05 bits per heavy atom. The number of nitrogens with one attached hydrogen (secondary N) is 1. The molecule has 0 aliphatic carbocycles. The number of fused-ring (bicyclic) bond motifs is 1. The van der Waals surface area contributed by atoms with E-state index in [0.717, 1.165) is 31.9 Å². The minimum absolute atomic E-state index is 0.146. The van der Waals surface area contributed by atoms with Crippen molar-refractivity contribution in [3.05, 3.63) is 29.3 Å². The van der Waals surface area contributed by atoms with Crippen LogP contribution in [-0.2, 0) is 22.4 Å². The SMILES string of the molecule is CC1(C)OCC(CNCc2ccc3c(c2)CCO3)O1. The summed E-state index contributed by atoms with van der Waals surface area (Å²) in [6, 6.07) is 6.41. The van der Waals surface area contributed by atoms with Crippen molar-refractivity contribution < 1.29 is 14.2 Å². The number of rotatable bonds is 4. The van der Waals surface area contributed by atoms with Crippen LogP contribution in [0.4, 0.5) is 0 Å². The summed E-state index contributed by atoms with van der Waals surface area (Å²) in [7, 11) is 0. The van der Waals surface area contributed by atoms with Crippen molar-refractivity contribution in [1.82, 2.24) is 5.32 Å². The molecule has 1 unspecified atom stereocenters. The second-order valence-electron chi connectivity index (χ2n) is 5.62. The maximum Gasteiger partial charge on any atom is 0.163 e. The Bertz CT molecular complexity index is 459. The molecule has 2 aliphatic heterocycles. The molecule has 1 saturated heterocycles. The molecule has 4 heteroatoms. The predicted molar refractivity (Wildman–Crippen MR) is 72.3 cm³/mol. The molecule has 0 spiro atoms. The minimum atomic E-state index is -0.433. The molecule has 19 heavy (non-hydrogen) atoms. The summed E-state index contributed by atoms with van der Waals surface area (Å²) in [5.74, 6) is 0.607. The highest BCUT2D eigenvalue weighted by molar-refractivity contribution is 5.39. The van der Waals surface area contributed by atoms with Crippen LogP contribution < -0.4 is 10.1 Å². The van der Waals surface area contributed by atoms with E-state index >= 15 is 0 Å². The largest absolute Gasteiger partial charge is 0.493 e. The van der Waals surface area contributed by atoms with Crippen LogP contribution in [0.2, 0.25) is 0 Å². The summed E-state index contributed by atoms with van der Waals surface area (Å²) >= 11 is 0. The van der Waals surface area contributed by atoms with E-state index in [2.05, 4.69) is 23.5 Å². The van der Waals surface area contributed by atoms with Gasteiger partial charge in [-0.25, -0.2) is 0 Å². The molecule has 104 valence electrons. The molecule has 3 rings (SSSR count). The van der Waals surface area contributed by atoms with Crippen molar-refractivity contribution in [2.24, 2.45) is 0 Å². The normalized spacial score (nSPS) is 24.2. The molecule has 0 radical (unpaired) electrons. The Labute approximate surface area is 114 Å². The maximum absolute atomic E-state index is 5.76. The van der Waals surface area contributed by atoms with Crippen LogP contribution in [0.5, 0.6) is 5.75 Å². The molecule has 1 N–H and O–H groups in total. The topological polar surface area (TPSA) is 39.7 Å². The van der Waals surface area contributed by atoms with E-state index in [1.807, 2.05) is 13.8 Å². The molecule has 1 atom stereocenters. The molecule has 0 saturated carbocycles. The standard InChI is InChI=1S/C15H21NO3/c1-15(2)18-10-13(19-15)9-16-8-11-3-4-14-12(7-11)5-6-17-14/h3-4,7,13,16H,5-6,8-10H2,1-2H3. The summed E-state index contributed by atoms with van der Waals surface area (Å²) in [4.78, 5) is 0. The Balaban J connectivity index is 1.48. The number of ether oxygens (including phenoxy) is 3. The zero-order valence-electron chi connectivity index (χ0n) is 11.6. The van der Waals surface area contributed by atoms with E-state index in [0.29, 0.717) is 6.61 Å². The fourth-order valence-corrected chi connectivity index (χ4v) is 2.59. The van der Waals surface area contributed by atoms with Crippen molar-refractivity contribution in [3.8, 4) is 5.75 Å². The van der Waals surface area contributed by atoms with Crippen LogP contribution >= 0.6 is 0 Å². The number of hydrogen-bond donors (Lipinski definition) is 1. The van der Waals surface area contributed by atoms with E-state index in [1.165, 1.54) is 11.1 Å². The second kappa shape index (κ2) is 5.12. The van der Waals surface area contributed by atoms with Crippen molar-refractivity contribution in [3.63, 3.8) is 0 Å². The van der Waals surface area contributed by atoms with Gasteiger partial charge in [0.05, 0.1) is 19.3 Å². The zero-order chi connectivity index (χ0) is 13.3. The lowest BCUT2D eigenvalue weighted by atomic mass is 10.1. The lowest BCUT2D eigenvalue weighted by Crippen LogP contribution is -2.30. The third-order valence-corrected chi connectivity index (χ3v) is 3.52. The minimum Gasteiger partial charge on any atom is -0.493 e. The fourth-order valence-electron chi connectivity index (χ4n) is 2.59. The summed E-state index contributed by atoms with van der Waals surface area (Å²) < 4.78 is 16.8. The van der Waals surface area contributed by atoms with E-state index in [4.69, 9.17) is 14.2 Å². The monoisotopic (exact) mass is 263 g/mol. The average Bonchev–Trinajstić information content (AvgIpc) is 2.95. The molecule has 1 fully saturated rings. The molecule has 0 bridgehead atoms. The van der Waals surface area contributed by atoms with Gasteiger partial charge in [-0.2, -0.15) is 0 Å². The van der Waals surface area contributed by atoms with Crippen molar-refractivity contribution >= 4 is 0 Å². The molecule has 0 amide bonds. The molecule has 2 aliphatic rings. The third-order valence-electron chi connectivity index (χ3n) is 3.52. The smallest absolute Gasteiger partial charge is 0.163 e. The molecule has 1 aromatic rings. The van der Waals surface area contributed by atoms with E-state index in [9.17, 15) is 0 Å². The molecule has 4 nitrogen and oxygen atoms in total. The molecule has 1 aromatic carbocycles. The van der Waals surface area contributed by atoms with Crippen LogP contribution in [0, 0.1) is 0 Å². The van der Waals surface area contributed by atoms with Gasteiger partial charge in [0, 0.05) is 19.5 Å². The van der Waals surface area contributed by atoms with E-state index < -0.39 is 5.79 Å². The molecule has 0 aromatic heterocycles. The van der Waals surface area contributed by atoms with Gasteiger partial charge in [-0.3, -0.25) is 0 Å². The lowest BCUT2D eigenvalue weighted by molar-refractivity contribution is -0.137. The Hall–Kier alpha value is -1.10. The van der Waals surface area contributed by atoms with Gasteiger partial charge >= 0.3 is 0 Å². The van der Waals surface area contributed by atoms with Gasteiger partial charge in [-0.05, 0) is 31.0 Å². The van der Waals surface area contributed by atoms with E-state index in [-0.39, 0.29) is 6.10 Å². The summed E-state index contributed by atoms with van der Waals surface area (Å²) in [6.07, 6.45) is 1.17. The number of hydrogen-bond acceptors (Lipinski definition) is 4. The van der Waals surface area contributed by atoms with Gasteiger partial charge < -0.3 is 19.5 Å². The molecular formula is C15H21NO3. The fraction of sp³-hybridized carbons (Fsp3) is 0.600. The van der Waals surface area contributed by atoms with Gasteiger partial charge in [0.15, 0.2) is 5.79 Å². The van der Waals surface area contributed by atoms with Gasteiger partial charge in [0.25, 0.3) is 0 Å². The third kappa shape index (κ3) is 3.08. The summed E-state index contributed by atoms with van der Waals surface area (Å²) in [6.45, 7) is 7.05. The highest BCUT2D eigenvalue weighted by Crippen LogP contribution is 2.26. The maximum atomic E-state index is 5.76. The predicted octanol–water partition coefficient (Wildman–Crippen LogP) is 1.86. The van der Waals surface area contributed by atoms with Gasteiger partial charge in [-0.1, -0.05) is 12.1 Å². The highest BCUT2D eigenvalue weighted by Gasteiger charge is 2.32.